The predicted octanol–water partition coefficient (Wildman–Crippen LogP) is 0.933. The van der Waals surface area contributed by atoms with E-state index in [1.165, 1.54) is 6.42 Å². The molecule has 1 N–H and O–H groups in total. The smallest absolute Gasteiger partial charge is 0.222 e. The van der Waals surface area contributed by atoms with E-state index in [2.05, 4.69) is 17.1 Å². The number of ether oxygens (including phenoxy) is 1. The maximum Gasteiger partial charge on any atom is 0.222 e. The molecule has 2 saturated heterocycles. The van der Waals surface area contributed by atoms with Crippen LogP contribution < -0.4 is 5.32 Å². The first-order valence-corrected chi connectivity index (χ1v) is 8.54. The van der Waals surface area contributed by atoms with Crippen molar-refractivity contribution < 1.29 is 9.53 Å². The highest BCUT2D eigenvalue weighted by Crippen LogP contribution is 2.16. The summed E-state index contributed by atoms with van der Waals surface area (Å²) in [6.07, 6.45) is 3.84. The van der Waals surface area contributed by atoms with Gasteiger partial charge < -0.3 is 19.9 Å². The quantitative estimate of drug-likeness (QED) is 0.432. The average Bonchev–Trinajstić information content (AvgIpc) is 3.12. The number of rotatable bonds is 7. The minimum absolute atomic E-state index is 0.304. The van der Waals surface area contributed by atoms with E-state index in [4.69, 9.17) is 9.73 Å². The second-order valence-corrected chi connectivity index (χ2v) is 6.13. The van der Waals surface area contributed by atoms with Crippen molar-refractivity contribution in [2.24, 2.45) is 10.9 Å². The SMILES string of the molecule is CCNC(=NCCCN1CCCC1=O)N1CCC(COC)C1. The van der Waals surface area contributed by atoms with Crippen molar-refractivity contribution in [2.45, 2.75) is 32.6 Å². The molecule has 1 unspecified atom stereocenters. The van der Waals surface area contributed by atoms with Crippen LogP contribution in [0.3, 0.4) is 0 Å². The van der Waals surface area contributed by atoms with Crippen LogP contribution in [0, 0.1) is 5.92 Å². The Morgan fingerprint density at radius 1 is 1.45 bits per heavy atom. The summed E-state index contributed by atoms with van der Waals surface area (Å²) in [5, 5.41) is 3.38. The fraction of sp³-hybridized carbons (Fsp3) is 0.875. The van der Waals surface area contributed by atoms with E-state index >= 15 is 0 Å². The van der Waals surface area contributed by atoms with Crippen LogP contribution in [0.25, 0.3) is 0 Å². The Balaban J connectivity index is 1.76. The van der Waals surface area contributed by atoms with Gasteiger partial charge in [-0.2, -0.15) is 0 Å². The van der Waals surface area contributed by atoms with Crippen LogP contribution in [-0.2, 0) is 9.53 Å². The van der Waals surface area contributed by atoms with Gasteiger partial charge in [-0.25, -0.2) is 0 Å². The molecule has 0 bridgehead atoms. The standard InChI is InChI=1S/C16H30N4O2/c1-3-17-16(20-11-7-14(12-20)13-22-2)18-8-5-10-19-9-4-6-15(19)21/h14H,3-13H2,1-2H3,(H,17,18). The summed E-state index contributed by atoms with van der Waals surface area (Å²) in [7, 11) is 1.77. The molecular weight excluding hydrogens is 280 g/mol. The van der Waals surface area contributed by atoms with Crippen LogP contribution in [0.2, 0.25) is 0 Å². The molecule has 1 atom stereocenters. The molecule has 126 valence electrons. The summed E-state index contributed by atoms with van der Waals surface area (Å²) < 4.78 is 5.25. The molecule has 1 amide bonds. The number of hydrogen-bond donors (Lipinski definition) is 1. The molecule has 2 aliphatic heterocycles. The third-order valence-corrected chi connectivity index (χ3v) is 4.34. The van der Waals surface area contributed by atoms with Crippen LogP contribution in [0.5, 0.6) is 0 Å². The minimum atomic E-state index is 0.304. The fourth-order valence-electron chi connectivity index (χ4n) is 3.21. The van der Waals surface area contributed by atoms with Crippen molar-refractivity contribution in [2.75, 3.05) is 53.0 Å². The number of nitrogens with zero attached hydrogens (tertiary/aromatic N) is 3. The number of guanidine groups is 1. The summed E-state index contributed by atoms with van der Waals surface area (Å²) in [6.45, 7) is 8.41. The Morgan fingerprint density at radius 2 is 2.32 bits per heavy atom. The first-order chi connectivity index (χ1) is 10.7. The van der Waals surface area contributed by atoms with Crippen molar-refractivity contribution in [3.05, 3.63) is 0 Å². The van der Waals surface area contributed by atoms with Gasteiger partial charge in [0.1, 0.15) is 0 Å². The van der Waals surface area contributed by atoms with Crippen LogP contribution in [0.15, 0.2) is 4.99 Å². The van der Waals surface area contributed by atoms with Gasteiger partial charge in [-0.3, -0.25) is 9.79 Å². The van der Waals surface area contributed by atoms with Crippen LogP contribution >= 0.6 is 0 Å². The number of carbonyl (C=O) groups excluding carboxylic acids is 1. The van der Waals surface area contributed by atoms with Gasteiger partial charge >= 0.3 is 0 Å². The van der Waals surface area contributed by atoms with E-state index < -0.39 is 0 Å². The van der Waals surface area contributed by atoms with Crippen molar-refractivity contribution in [1.82, 2.24) is 15.1 Å². The van der Waals surface area contributed by atoms with Crippen LogP contribution in [-0.4, -0.2) is 74.7 Å². The van der Waals surface area contributed by atoms with Crippen molar-refractivity contribution in [3.8, 4) is 0 Å². The molecule has 0 spiro atoms. The molecule has 0 aromatic rings. The lowest BCUT2D eigenvalue weighted by atomic mass is 10.1. The topological polar surface area (TPSA) is 57.2 Å². The molecule has 6 heteroatoms. The average molecular weight is 310 g/mol. The van der Waals surface area contributed by atoms with Gasteiger partial charge in [0.05, 0.1) is 6.61 Å². The first-order valence-electron chi connectivity index (χ1n) is 8.54. The molecule has 0 radical (unpaired) electrons. The van der Waals surface area contributed by atoms with Gasteiger partial charge in [-0.1, -0.05) is 0 Å². The number of methoxy groups -OCH3 is 1. The molecule has 0 saturated carbocycles. The number of carbonyl (C=O) groups is 1. The third kappa shape index (κ3) is 4.87. The van der Waals surface area contributed by atoms with E-state index in [9.17, 15) is 4.79 Å². The Morgan fingerprint density at radius 3 is 3.00 bits per heavy atom. The molecule has 6 nitrogen and oxygen atoms in total. The molecule has 0 aliphatic carbocycles. The van der Waals surface area contributed by atoms with Crippen molar-refractivity contribution in [3.63, 3.8) is 0 Å². The minimum Gasteiger partial charge on any atom is -0.384 e. The Labute approximate surface area is 133 Å². The second-order valence-electron chi connectivity index (χ2n) is 6.13. The van der Waals surface area contributed by atoms with Gasteiger partial charge in [-0.15, -0.1) is 0 Å². The Kier molecular flexibility index (Phi) is 6.96. The molecule has 0 aromatic carbocycles. The summed E-state index contributed by atoms with van der Waals surface area (Å²) in [5.74, 6) is 1.92. The summed E-state index contributed by atoms with van der Waals surface area (Å²) in [5.41, 5.74) is 0. The van der Waals surface area contributed by atoms with Crippen molar-refractivity contribution >= 4 is 11.9 Å². The molecule has 2 aliphatic rings. The highest BCUT2D eigenvalue weighted by molar-refractivity contribution is 5.80. The van der Waals surface area contributed by atoms with Crippen molar-refractivity contribution in [1.29, 1.82) is 0 Å². The Hall–Kier alpha value is -1.30. The number of hydrogen-bond acceptors (Lipinski definition) is 3. The van der Waals surface area contributed by atoms with E-state index in [1.807, 2.05) is 4.90 Å². The highest BCUT2D eigenvalue weighted by Gasteiger charge is 2.24. The number of likely N-dealkylation sites (tertiary alicyclic amines) is 2. The van der Waals surface area contributed by atoms with E-state index in [1.54, 1.807) is 7.11 Å². The number of amides is 1. The summed E-state index contributed by atoms with van der Waals surface area (Å²) in [6, 6.07) is 0. The lowest BCUT2D eigenvalue weighted by Crippen LogP contribution is -2.40. The fourth-order valence-corrected chi connectivity index (χ4v) is 3.21. The number of nitrogens with one attached hydrogen (secondary N) is 1. The van der Waals surface area contributed by atoms with E-state index in [0.717, 1.165) is 71.1 Å². The predicted molar refractivity (Wildman–Crippen MR) is 88.0 cm³/mol. The van der Waals surface area contributed by atoms with Gasteiger partial charge in [0.2, 0.25) is 5.91 Å². The zero-order valence-corrected chi connectivity index (χ0v) is 14.0. The largest absolute Gasteiger partial charge is 0.384 e. The number of aliphatic imine (C=N–C) groups is 1. The molecule has 22 heavy (non-hydrogen) atoms. The van der Waals surface area contributed by atoms with Crippen LogP contribution in [0.1, 0.15) is 32.6 Å². The second kappa shape index (κ2) is 8.98. The summed E-state index contributed by atoms with van der Waals surface area (Å²) in [4.78, 5) is 20.6. The van der Waals surface area contributed by atoms with Gasteiger partial charge in [0.25, 0.3) is 0 Å². The zero-order chi connectivity index (χ0) is 15.8. The lowest BCUT2D eigenvalue weighted by Gasteiger charge is -2.22. The molecule has 2 heterocycles. The lowest BCUT2D eigenvalue weighted by molar-refractivity contribution is -0.127. The third-order valence-electron chi connectivity index (χ3n) is 4.34. The maximum atomic E-state index is 11.6. The van der Waals surface area contributed by atoms with Crippen LogP contribution in [0.4, 0.5) is 0 Å². The van der Waals surface area contributed by atoms with E-state index in [0.29, 0.717) is 11.8 Å². The van der Waals surface area contributed by atoms with Gasteiger partial charge in [0, 0.05) is 58.7 Å². The summed E-state index contributed by atoms with van der Waals surface area (Å²) >= 11 is 0. The Bertz CT molecular complexity index is 386. The first kappa shape index (κ1) is 17.1. The molecule has 0 aromatic heterocycles. The van der Waals surface area contributed by atoms with Gasteiger partial charge in [-0.05, 0) is 26.2 Å². The molecule has 2 rings (SSSR count). The maximum absolute atomic E-state index is 11.6. The van der Waals surface area contributed by atoms with Gasteiger partial charge in [0.15, 0.2) is 5.96 Å². The zero-order valence-electron chi connectivity index (χ0n) is 14.0. The molecular formula is C16H30N4O2. The highest BCUT2D eigenvalue weighted by atomic mass is 16.5. The normalized spacial score (nSPS) is 22.7. The molecule has 2 fully saturated rings. The monoisotopic (exact) mass is 310 g/mol. The van der Waals surface area contributed by atoms with E-state index in [-0.39, 0.29) is 0 Å².